The van der Waals surface area contributed by atoms with Gasteiger partial charge in [-0.2, -0.15) is 0 Å². The fourth-order valence-electron chi connectivity index (χ4n) is 1.26. The summed E-state index contributed by atoms with van der Waals surface area (Å²) in [4.78, 5) is 17.1. The number of nitrogens with zero attached hydrogens (tertiary/aromatic N) is 2. The third-order valence-electron chi connectivity index (χ3n) is 2.03. The molecule has 1 aromatic rings. The van der Waals surface area contributed by atoms with E-state index in [1.165, 1.54) is 5.01 Å². The first kappa shape index (κ1) is 15.5. The molecule has 1 rings (SSSR count). The van der Waals surface area contributed by atoms with E-state index in [2.05, 4.69) is 9.82 Å². The number of amides is 1. The van der Waals surface area contributed by atoms with E-state index in [4.69, 9.17) is 18.0 Å². The van der Waals surface area contributed by atoms with Crippen molar-refractivity contribution in [2.45, 2.75) is 6.92 Å². The van der Waals surface area contributed by atoms with Gasteiger partial charge in [-0.25, -0.2) is 8.42 Å². The van der Waals surface area contributed by atoms with E-state index in [-0.39, 0.29) is 11.5 Å². The smallest absolute Gasteiger partial charge is 0.237 e. The van der Waals surface area contributed by atoms with Gasteiger partial charge in [0, 0.05) is 12.7 Å². The van der Waals surface area contributed by atoms with Gasteiger partial charge in [-0.1, -0.05) is 18.3 Å². The van der Waals surface area contributed by atoms with Gasteiger partial charge in [-0.3, -0.25) is 14.8 Å². The second-order valence-electron chi connectivity index (χ2n) is 3.58. The number of hydrogen-bond acceptors (Lipinski definition) is 5. The maximum Gasteiger partial charge on any atom is 0.237 e. The predicted molar refractivity (Wildman–Crippen MR) is 74.4 cm³/mol. The van der Waals surface area contributed by atoms with Crippen LogP contribution in [0.5, 0.6) is 0 Å². The van der Waals surface area contributed by atoms with Gasteiger partial charge in [0.15, 0.2) is 0 Å². The van der Waals surface area contributed by atoms with Crippen molar-refractivity contribution in [1.29, 1.82) is 0 Å². The molecule has 0 spiro atoms. The highest BCUT2D eigenvalue weighted by Crippen LogP contribution is 2.02. The highest BCUT2D eigenvalue weighted by atomic mass is 32.2. The number of hydrazine groups is 1. The quantitative estimate of drug-likeness (QED) is 0.537. The van der Waals surface area contributed by atoms with Crippen LogP contribution in [0.4, 0.5) is 0 Å². The van der Waals surface area contributed by atoms with Crippen LogP contribution in [-0.4, -0.2) is 41.6 Å². The predicted octanol–water partition coefficient (Wildman–Crippen LogP) is -0.601. The molecule has 9 heteroatoms. The standard InChI is InChI=1S/C10H14N4O3S2/c1-2-14(13-19(16,17)7-9(11)15)10(18)8-5-3-4-6-12-8/h3-6,13H,2,7H2,1H3,(H2,11,15). The van der Waals surface area contributed by atoms with Crippen LogP contribution in [0, 0.1) is 0 Å². The zero-order chi connectivity index (χ0) is 14.5. The Labute approximate surface area is 116 Å². The Morgan fingerprint density at radius 2 is 2.21 bits per heavy atom. The molecule has 0 fully saturated rings. The number of rotatable bonds is 6. The Morgan fingerprint density at radius 1 is 1.53 bits per heavy atom. The molecule has 7 nitrogen and oxygen atoms in total. The fraction of sp³-hybridized carbons (Fsp3) is 0.300. The number of pyridine rings is 1. The van der Waals surface area contributed by atoms with Crippen LogP contribution < -0.4 is 10.6 Å². The molecule has 0 aliphatic heterocycles. The maximum atomic E-state index is 11.6. The summed E-state index contributed by atoms with van der Waals surface area (Å²) in [5.41, 5.74) is 5.32. The first-order chi connectivity index (χ1) is 8.85. The highest BCUT2D eigenvalue weighted by Gasteiger charge is 2.20. The minimum Gasteiger partial charge on any atom is -0.369 e. The SMILES string of the molecule is CCN(NS(=O)(=O)CC(N)=O)C(=S)c1ccccn1. The van der Waals surface area contributed by atoms with E-state index in [1.807, 2.05) is 0 Å². The molecule has 1 amide bonds. The number of thiocarbonyl (C=S) groups is 1. The molecule has 1 aromatic heterocycles. The summed E-state index contributed by atoms with van der Waals surface area (Å²) in [6.45, 7) is 2.00. The lowest BCUT2D eigenvalue weighted by Gasteiger charge is -2.23. The molecular formula is C10H14N4O3S2. The van der Waals surface area contributed by atoms with E-state index in [1.54, 1.807) is 31.3 Å². The largest absolute Gasteiger partial charge is 0.369 e. The maximum absolute atomic E-state index is 11.6. The van der Waals surface area contributed by atoms with E-state index >= 15 is 0 Å². The molecule has 0 unspecified atom stereocenters. The lowest BCUT2D eigenvalue weighted by molar-refractivity contribution is -0.115. The molecule has 0 aliphatic carbocycles. The number of hydrogen-bond donors (Lipinski definition) is 2. The molecule has 0 saturated heterocycles. The minimum absolute atomic E-state index is 0.219. The number of sulfonamides is 1. The molecule has 1 heterocycles. The van der Waals surface area contributed by atoms with Crippen molar-refractivity contribution in [2.75, 3.05) is 12.3 Å². The molecular weight excluding hydrogens is 288 g/mol. The molecule has 0 aromatic carbocycles. The molecule has 3 N–H and O–H groups in total. The van der Waals surface area contributed by atoms with E-state index in [9.17, 15) is 13.2 Å². The molecule has 104 valence electrons. The Balaban J connectivity index is 2.85. The van der Waals surface area contributed by atoms with Gasteiger partial charge >= 0.3 is 0 Å². The number of aromatic nitrogens is 1. The van der Waals surface area contributed by atoms with Gasteiger partial charge in [-0.05, 0) is 19.1 Å². The summed E-state index contributed by atoms with van der Waals surface area (Å²) in [5.74, 6) is -1.73. The minimum atomic E-state index is -3.86. The average Bonchev–Trinajstić information content (AvgIpc) is 2.34. The molecule has 0 atom stereocenters. The van der Waals surface area contributed by atoms with Crippen LogP contribution in [0.25, 0.3) is 0 Å². The van der Waals surface area contributed by atoms with Gasteiger partial charge in [0.25, 0.3) is 0 Å². The van der Waals surface area contributed by atoms with Crippen LogP contribution in [0.2, 0.25) is 0 Å². The third-order valence-corrected chi connectivity index (χ3v) is 3.62. The van der Waals surface area contributed by atoms with Crippen LogP contribution in [-0.2, 0) is 14.8 Å². The number of carbonyl (C=O) groups excluding carboxylic acids is 1. The summed E-state index contributed by atoms with van der Waals surface area (Å²) >= 11 is 5.14. The topological polar surface area (TPSA) is 105 Å². The summed E-state index contributed by atoms with van der Waals surface area (Å²) in [5, 5.41) is 1.22. The normalized spacial score (nSPS) is 11.0. The zero-order valence-electron chi connectivity index (χ0n) is 10.2. The molecule has 0 bridgehead atoms. The van der Waals surface area contributed by atoms with Crippen molar-refractivity contribution >= 4 is 33.1 Å². The van der Waals surface area contributed by atoms with Crippen molar-refractivity contribution in [3.8, 4) is 0 Å². The van der Waals surface area contributed by atoms with E-state index < -0.39 is 21.7 Å². The fourth-order valence-corrected chi connectivity index (χ4v) is 2.61. The molecule has 0 aliphatic rings. The second-order valence-corrected chi connectivity index (χ2v) is 5.67. The van der Waals surface area contributed by atoms with Gasteiger partial charge in [0.05, 0.1) is 5.69 Å². The number of carbonyl (C=O) groups is 1. The van der Waals surface area contributed by atoms with Gasteiger partial charge in [0.1, 0.15) is 10.7 Å². The van der Waals surface area contributed by atoms with Crippen LogP contribution in [0.1, 0.15) is 12.6 Å². The molecule has 19 heavy (non-hydrogen) atoms. The number of primary amides is 1. The van der Waals surface area contributed by atoms with Crippen LogP contribution in [0.3, 0.4) is 0 Å². The zero-order valence-corrected chi connectivity index (χ0v) is 11.9. The Hall–Kier alpha value is -1.58. The first-order valence-electron chi connectivity index (χ1n) is 5.37. The van der Waals surface area contributed by atoms with Crippen molar-refractivity contribution in [2.24, 2.45) is 5.73 Å². The average molecular weight is 302 g/mol. The van der Waals surface area contributed by atoms with Crippen molar-refractivity contribution in [3.63, 3.8) is 0 Å². The second kappa shape index (κ2) is 6.55. The highest BCUT2D eigenvalue weighted by molar-refractivity contribution is 7.90. The van der Waals surface area contributed by atoms with Crippen LogP contribution in [0.15, 0.2) is 24.4 Å². The Bertz CT molecular complexity index is 559. The summed E-state index contributed by atoms with van der Waals surface area (Å²) < 4.78 is 23.2. The number of nitrogens with one attached hydrogen (secondary N) is 1. The summed E-state index contributed by atoms with van der Waals surface area (Å²) in [7, 11) is -3.86. The first-order valence-corrected chi connectivity index (χ1v) is 7.43. The van der Waals surface area contributed by atoms with E-state index in [0.717, 1.165) is 0 Å². The van der Waals surface area contributed by atoms with Gasteiger partial charge in [0.2, 0.25) is 15.9 Å². The van der Waals surface area contributed by atoms with Crippen molar-refractivity contribution in [3.05, 3.63) is 30.1 Å². The lowest BCUT2D eigenvalue weighted by Crippen LogP contribution is -2.48. The Kier molecular flexibility index (Phi) is 5.33. The van der Waals surface area contributed by atoms with Gasteiger partial charge in [-0.15, -0.1) is 4.83 Å². The summed E-state index contributed by atoms with van der Waals surface area (Å²) in [6, 6.07) is 5.12. The van der Waals surface area contributed by atoms with E-state index in [0.29, 0.717) is 5.69 Å². The monoisotopic (exact) mass is 302 g/mol. The molecule has 0 saturated carbocycles. The number of nitrogens with two attached hydrogens (primary N) is 1. The van der Waals surface area contributed by atoms with Crippen molar-refractivity contribution < 1.29 is 13.2 Å². The molecule has 0 radical (unpaired) electrons. The Morgan fingerprint density at radius 3 is 2.68 bits per heavy atom. The lowest BCUT2D eigenvalue weighted by atomic mass is 10.3. The van der Waals surface area contributed by atoms with Crippen molar-refractivity contribution in [1.82, 2.24) is 14.8 Å². The van der Waals surface area contributed by atoms with Gasteiger partial charge < -0.3 is 5.73 Å². The van der Waals surface area contributed by atoms with Crippen LogP contribution >= 0.6 is 12.2 Å². The third kappa shape index (κ3) is 4.89. The summed E-state index contributed by atoms with van der Waals surface area (Å²) in [6.07, 6.45) is 1.55.